The molecule has 0 aliphatic heterocycles. The van der Waals surface area contributed by atoms with Crippen molar-refractivity contribution in [3.8, 4) is 22.6 Å². The molecular weight excluding hydrogens is 119 g/mol. The summed E-state index contributed by atoms with van der Waals surface area (Å²) >= 11 is 9.72. The van der Waals surface area contributed by atoms with Crippen LogP contribution in [0.1, 0.15) is 0 Å². The van der Waals surface area contributed by atoms with Crippen molar-refractivity contribution in [2.24, 2.45) is 0 Å². The van der Waals surface area contributed by atoms with E-state index in [1.807, 2.05) is 10.8 Å². The van der Waals surface area contributed by atoms with Crippen molar-refractivity contribution in [2.45, 2.75) is 0 Å². The van der Waals surface area contributed by atoms with E-state index in [1.54, 1.807) is 0 Å². The van der Waals surface area contributed by atoms with Gasteiger partial charge in [0.05, 0.1) is 0 Å². The Bertz CT molecular complexity index is 109. The molecule has 0 aromatic heterocycles. The van der Waals surface area contributed by atoms with E-state index in [0.717, 1.165) is 0 Å². The van der Waals surface area contributed by atoms with Crippen molar-refractivity contribution in [1.29, 1.82) is 0 Å². The van der Waals surface area contributed by atoms with E-state index in [2.05, 4.69) is 11.8 Å². The summed E-state index contributed by atoms with van der Waals surface area (Å²) in [5, 5.41) is 4.07. The van der Waals surface area contributed by atoms with Crippen LogP contribution in [-0.2, 0) is 0 Å². The van der Waals surface area contributed by atoms with Gasteiger partial charge in [0.2, 0.25) is 0 Å². The van der Waals surface area contributed by atoms with E-state index in [4.69, 9.17) is 23.2 Å². The van der Waals surface area contributed by atoms with Crippen LogP contribution in [0.2, 0.25) is 0 Å². The molecule has 0 unspecified atom stereocenters. The Kier molecular flexibility index (Phi) is 4.46. The van der Waals surface area contributed by atoms with Crippen LogP contribution in [0.5, 0.6) is 0 Å². The first kappa shape index (κ1) is 5.70. The third kappa shape index (κ3) is 3.70. The minimum atomic E-state index is 2.03. The summed E-state index contributed by atoms with van der Waals surface area (Å²) in [5.74, 6) is 4.44. The zero-order chi connectivity index (χ0) is 4.83. The van der Waals surface area contributed by atoms with Gasteiger partial charge in [-0.15, -0.1) is 0 Å². The van der Waals surface area contributed by atoms with Gasteiger partial charge in [-0.1, -0.05) is 0 Å². The Morgan fingerprint density at radius 2 is 1.17 bits per heavy atom. The highest BCUT2D eigenvalue weighted by Gasteiger charge is 1.45. The van der Waals surface area contributed by atoms with Gasteiger partial charge in [-0.05, 0) is 23.2 Å². The van der Waals surface area contributed by atoms with Gasteiger partial charge in [-0.2, -0.15) is 0 Å². The Morgan fingerprint density at radius 1 is 0.833 bits per heavy atom. The number of halogens is 2. The van der Waals surface area contributed by atoms with Gasteiger partial charge in [-0.25, -0.2) is 0 Å². The van der Waals surface area contributed by atoms with Gasteiger partial charge in [0, 0.05) is 22.6 Å². The Balaban J connectivity index is 3.43. The van der Waals surface area contributed by atoms with Crippen molar-refractivity contribution in [3.63, 3.8) is 0 Å². The molecule has 0 spiro atoms. The lowest BCUT2D eigenvalue weighted by atomic mass is 10.7. The molecule has 0 heterocycles. The molecule has 0 atom stereocenters. The van der Waals surface area contributed by atoms with E-state index >= 15 is 0 Å². The summed E-state index contributed by atoms with van der Waals surface area (Å²) in [4.78, 5) is 0. The molecule has 0 N–H and O–H groups in total. The van der Waals surface area contributed by atoms with E-state index in [0.29, 0.717) is 0 Å². The highest BCUT2D eigenvalue weighted by atomic mass is 35.5. The van der Waals surface area contributed by atoms with E-state index < -0.39 is 0 Å². The van der Waals surface area contributed by atoms with Crippen molar-refractivity contribution in [3.05, 3.63) is 0 Å². The van der Waals surface area contributed by atoms with Crippen LogP contribution in [0, 0.1) is 22.6 Å². The molecule has 0 nitrogen and oxygen atoms in total. The Labute approximate surface area is 46.4 Å². The summed E-state index contributed by atoms with van der Waals surface area (Å²) in [6.07, 6.45) is 0. The second-order valence-corrected chi connectivity index (χ2v) is 0.817. The number of hydrogen-bond acceptors (Lipinski definition) is 0. The van der Waals surface area contributed by atoms with Crippen LogP contribution in [0.3, 0.4) is 0 Å². The first-order valence-corrected chi connectivity index (χ1v) is 1.88. The van der Waals surface area contributed by atoms with E-state index in [-0.39, 0.29) is 0 Å². The Morgan fingerprint density at radius 3 is 1.33 bits per heavy atom. The number of rotatable bonds is 0. The second-order valence-electron chi connectivity index (χ2n) is 0.439. The van der Waals surface area contributed by atoms with Crippen LogP contribution in [-0.4, -0.2) is 0 Å². The Hall–Kier alpha value is -0.300. The van der Waals surface area contributed by atoms with Gasteiger partial charge < -0.3 is 0 Å². The lowest BCUT2D eigenvalue weighted by Gasteiger charge is -1.44. The molecule has 0 aliphatic rings. The quantitative estimate of drug-likeness (QED) is 0.422. The lowest BCUT2D eigenvalue weighted by molar-refractivity contribution is 2.56. The molecule has 0 fully saturated rings. The van der Waals surface area contributed by atoms with Crippen LogP contribution in [0.15, 0.2) is 0 Å². The maximum atomic E-state index is 4.86. The summed E-state index contributed by atoms with van der Waals surface area (Å²) in [6, 6.07) is 0. The average Bonchev–Trinajstić information content (AvgIpc) is 1.61. The van der Waals surface area contributed by atoms with Crippen molar-refractivity contribution < 1.29 is 0 Å². The standard InChI is InChI=1S/C4Cl2/c5-3-1-2-4-6. The monoisotopic (exact) mass is 118 g/mol. The third-order valence-electron chi connectivity index (χ3n) is 0.157. The molecule has 0 aromatic carbocycles. The minimum absolute atomic E-state index is 2.03. The summed E-state index contributed by atoms with van der Waals surface area (Å²) in [5.41, 5.74) is 0. The molecule has 6 heavy (non-hydrogen) atoms. The van der Waals surface area contributed by atoms with Crippen LogP contribution < -0.4 is 0 Å². The van der Waals surface area contributed by atoms with Gasteiger partial charge in [0.1, 0.15) is 0 Å². The first-order chi connectivity index (χ1) is 2.91. The normalized spacial score (nSPS) is 3.67. The average molecular weight is 119 g/mol. The second kappa shape index (κ2) is 4.70. The van der Waals surface area contributed by atoms with Crippen molar-refractivity contribution >= 4 is 23.2 Å². The van der Waals surface area contributed by atoms with Gasteiger partial charge in [0.15, 0.2) is 0 Å². The van der Waals surface area contributed by atoms with Crippen molar-refractivity contribution in [2.75, 3.05) is 0 Å². The molecule has 2 heteroatoms. The van der Waals surface area contributed by atoms with Crippen LogP contribution in [0.25, 0.3) is 0 Å². The fraction of sp³-hybridized carbons (Fsp3) is 0. The van der Waals surface area contributed by atoms with Gasteiger partial charge in [-0.3, -0.25) is 0 Å². The molecule has 0 saturated carbocycles. The van der Waals surface area contributed by atoms with Crippen LogP contribution >= 0.6 is 23.2 Å². The molecule has 0 radical (unpaired) electrons. The molecular formula is C4Cl2. The molecule has 0 aliphatic carbocycles. The van der Waals surface area contributed by atoms with Gasteiger partial charge in [0.25, 0.3) is 0 Å². The lowest BCUT2D eigenvalue weighted by Crippen LogP contribution is -1.37. The largest absolute Gasteiger partial charge is 0.0219 e. The summed E-state index contributed by atoms with van der Waals surface area (Å²) in [7, 11) is 0. The molecule has 0 bridgehead atoms. The zero-order valence-corrected chi connectivity index (χ0v) is 4.27. The summed E-state index contributed by atoms with van der Waals surface area (Å²) < 4.78 is 0. The predicted molar refractivity (Wildman–Crippen MR) is 27.3 cm³/mol. The zero-order valence-electron chi connectivity index (χ0n) is 2.76. The predicted octanol–water partition coefficient (Wildman–Crippen LogP) is 1.39. The highest BCUT2D eigenvalue weighted by Crippen LogP contribution is 1.62. The fourth-order valence-corrected chi connectivity index (χ4v) is 0.142. The molecule has 0 aromatic rings. The minimum Gasteiger partial charge on any atom is -0.0219 e. The summed E-state index contributed by atoms with van der Waals surface area (Å²) in [6.45, 7) is 0. The molecule has 0 rings (SSSR count). The number of hydrogen-bond donors (Lipinski definition) is 0. The SMILES string of the molecule is ClC#CC#CCl. The molecule has 0 amide bonds. The van der Waals surface area contributed by atoms with E-state index in [1.165, 1.54) is 0 Å². The maximum Gasteiger partial charge on any atom is 0.0184 e. The maximum absolute atomic E-state index is 4.86. The fourth-order valence-electron chi connectivity index (χ4n) is 0.0472. The van der Waals surface area contributed by atoms with E-state index in [9.17, 15) is 0 Å². The first-order valence-electron chi connectivity index (χ1n) is 1.13. The van der Waals surface area contributed by atoms with Crippen molar-refractivity contribution in [1.82, 2.24) is 0 Å². The molecule has 0 saturated heterocycles. The smallest absolute Gasteiger partial charge is 0.0184 e. The van der Waals surface area contributed by atoms with Crippen LogP contribution in [0.4, 0.5) is 0 Å². The third-order valence-corrected chi connectivity index (χ3v) is 0.346. The topological polar surface area (TPSA) is 0 Å². The van der Waals surface area contributed by atoms with Gasteiger partial charge >= 0.3 is 0 Å². The highest BCUT2D eigenvalue weighted by molar-refractivity contribution is 6.31. The molecule has 30 valence electrons.